The van der Waals surface area contributed by atoms with Gasteiger partial charge in [-0.1, -0.05) is 27.7 Å². The van der Waals surface area contributed by atoms with Crippen LogP contribution >= 0.6 is 0 Å². The van der Waals surface area contributed by atoms with Crippen molar-refractivity contribution in [1.29, 1.82) is 0 Å². The summed E-state index contributed by atoms with van der Waals surface area (Å²) in [6, 6.07) is 5.39. The van der Waals surface area contributed by atoms with Gasteiger partial charge >= 0.3 is 0 Å². The highest BCUT2D eigenvalue weighted by Crippen LogP contribution is 2.27. The second kappa shape index (κ2) is 8.67. The van der Waals surface area contributed by atoms with Gasteiger partial charge in [-0.15, -0.1) is 0 Å². The van der Waals surface area contributed by atoms with E-state index in [1.807, 2.05) is 31.7 Å². The molecule has 0 bridgehead atoms. The van der Waals surface area contributed by atoms with E-state index >= 15 is 0 Å². The van der Waals surface area contributed by atoms with Crippen LogP contribution in [0.1, 0.15) is 55.2 Å². The van der Waals surface area contributed by atoms with Crippen molar-refractivity contribution in [3.8, 4) is 0 Å². The van der Waals surface area contributed by atoms with Gasteiger partial charge in [0.05, 0.1) is 30.6 Å². The Morgan fingerprint density at radius 1 is 1.14 bits per heavy atom. The van der Waals surface area contributed by atoms with Crippen molar-refractivity contribution in [2.45, 2.75) is 52.7 Å². The summed E-state index contributed by atoms with van der Waals surface area (Å²) in [5, 5.41) is 4.59. The lowest BCUT2D eigenvalue weighted by Gasteiger charge is -2.34. The first-order chi connectivity index (χ1) is 16.7. The fourth-order valence-electron chi connectivity index (χ4n) is 4.81. The van der Waals surface area contributed by atoms with Gasteiger partial charge in [0.2, 0.25) is 5.91 Å². The number of carbonyl (C=O) groups excluding carboxylic acids is 2. The summed E-state index contributed by atoms with van der Waals surface area (Å²) in [4.78, 5) is 46.1. The number of nitrogens with zero attached hydrogens (tertiary/aromatic N) is 6. The molecule has 0 aliphatic carbocycles. The zero-order chi connectivity index (χ0) is 24.9. The van der Waals surface area contributed by atoms with Crippen molar-refractivity contribution in [2.24, 2.45) is 0 Å². The highest BCUT2D eigenvalue weighted by Gasteiger charge is 2.36. The molecule has 0 spiro atoms. The predicted octanol–water partition coefficient (Wildman–Crippen LogP) is 1.71. The van der Waals surface area contributed by atoms with E-state index < -0.39 is 0 Å². The van der Waals surface area contributed by atoms with Crippen molar-refractivity contribution in [3.05, 3.63) is 57.5 Å². The number of likely N-dealkylation sites (N-methyl/N-ethyl adjacent to an activating group) is 1. The number of aromatic nitrogens is 3. The lowest BCUT2D eigenvalue weighted by Crippen LogP contribution is -2.49. The maximum Gasteiger partial charge on any atom is 0.280 e. The number of amides is 2. The van der Waals surface area contributed by atoms with Gasteiger partial charge in [0.25, 0.3) is 11.5 Å². The van der Waals surface area contributed by atoms with Gasteiger partial charge in [-0.3, -0.25) is 14.4 Å². The van der Waals surface area contributed by atoms with E-state index in [2.05, 4.69) is 16.9 Å². The molecule has 186 valence electrons. The number of carbonyl (C=O) groups is 2. The summed E-state index contributed by atoms with van der Waals surface area (Å²) in [6.07, 6.45) is 1.56. The molecule has 0 radical (unpaired) electrons. The fraction of sp³-hybridized carbons (Fsp3) is 0.520. The van der Waals surface area contributed by atoms with E-state index in [-0.39, 0.29) is 48.1 Å². The number of furan rings is 1. The van der Waals surface area contributed by atoms with Gasteiger partial charge in [-0.2, -0.15) is 9.61 Å². The Labute approximate surface area is 203 Å². The number of hydrogen-bond donors (Lipinski definition) is 0. The highest BCUT2D eigenvalue weighted by atomic mass is 16.3. The molecule has 2 aliphatic heterocycles. The van der Waals surface area contributed by atoms with Gasteiger partial charge in [0, 0.05) is 37.7 Å². The van der Waals surface area contributed by atoms with Crippen LogP contribution in [-0.2, 0) is 29.8 Å². The lowest BCUT2D eigenvalue weighted by molar-refractivity contribution is -0.133. The smallest absolute Gasteiger partial charge is 0.280 e. The number of hydrogen-bond acceptors (Lipinski definition) is 6. The molecular weight excluding hydrogens is 448 g/mol. The molecule has 0 N–H and O–H groups in total. The largest absolute Gasteiger partial charge is 0.467 e. The third-order valence-electron chi connectivity index (χ3n) is 6.97. The molecule has 3 aromatic heterocycles. The van der Waals surface area contributed by atoms with Crippen LogP contribution in [0, 0.1) is 0 Å². The third kappa shape index (κ3) is 4.16. The predicted molar refractivity (Wildman–Crippen MR) is 129 cm³/mol. The molecule has 10 nitrogen and oxygen atoms in total. The van der Waals surface area contributed by atoms with E-state index in [9.17, 15) is 14.4 Å². The molecule has 2 amide bonds. The average Bonchev–Trinajstić information content (AvgIpc) is 3.57. The zero-order valence-electron chi connectivity index (χ0n) is 20.8. The summed E-state index contributed by atoms with van der Waals surface area (Å²) >= 11 is 0. The second-order valence-corrected chi connectivity index (χ2v) is 10.3. The first-order valence-electron chi connectivity index (χ1n) is 12.1. The van der Waals surface area contributed by atoms with E-state index in [4.69, 9.17) is 4.42 Å². The number of piperazine rings is 1. The van der Waals surface area contributed by atoms with Crippen molar-refractivity contribution in [1.82, 2.24) is 28.9 Å². The van der Waals surface area contributed by atoms with Crippen LogP contribution < -0.4 is 5.56 Å². The van der Waals surface area contributed by atoms with E-state index in [1.165, 1.54) is 4.52 Å². The van der Waals surface area contributed by atoms with Crippen LogP contribution in [0.4, 0.5) is 0 Å². The Hall–Kier alpha value is -3.40. The summed E-state index contributed by atoms with van der Waals surface area (Å²) in [6.45, 7) is 12.5. The second-order valence-electron chi connectivity index (χ2n) is 10.3. The molecule has 2 aliphatic rings. The monoisotopic (exact) mass is 480 g/mol. The van der Waals surface area contributed by atoms with E-state index in [0.29, 0.717) is 30.1 Å². The molecule has 10 heteroatoms. The molecule has 3 aromatic rings. The minimum Gasteiger partial charge on any atom is -0.467 e. The van der Waals surface area contributed by atoms with Gasteiger partial charge in [0.15, 0.2) is 0 Å². The zero-order valence-corrected chi connectivity index (χ0v) is 20.8. The minimum absolute atomic E-state index is 0.0200. The third-order valence-corrected chi connectivity index (χ3v) is 6.97. The van der Waals surface area contributed by atoms with Crippen LogP contribution in [-0.4, -0.2) is 73.4 Å². The molecule has 1 fully saturated rings. The Balaban J connectivity index is 1.56. The molecular formula is C25H32N6O4. The molecule has 0 saturated carbocycles. The Morgan fingerprint density at radius 2 is 1.89 bits per heavy atom. The average molecular weight is 481 g/mol. The van der Waals surface area contributed by atoms with Gasteiger partial charge in [-0.25, -0.2) is 0 Å². The van der Waals surface area contributed by atoms with Crippen LogP contribution in [0.3, 0.4) is 0 Å². The Bertz CT molecular complexity index is 1320. The molecule has 35 heavy (non-hydrogen) atoms. The lowest BCUT2D eigenvalue weighted by atomic mass is 9.93. The van der Waals surface area contributed by atoms with Gasteiger partial charge in [0.1, 0.15) is 23.6 Å². The Morgan fingerprint density at radius 3 is 2.51 bits per heavy atom. The number of fused-ring (bicyclic) bond motifs is 2. The molecule has 5 heterocycles. The summed E-state index contributed by atoms with van der Waals surface area (Å²) in [7, 11) is 0. The molecule has 0 aromatic carbocycles. The molecule has 0 atom stereocenters. The van der Waals surface area contributed by atoms with E-state index in [0.717, 1.165) is 25.3 Å². The summed E-state index contributed by atoms with van der Waals surface area (Å²) in [5.41, 5.74) is 1.22. The standard InChI is InChI=1S/C25H32N6O4/c1-5-27-8-10-28(11-9-27)21(32)16-30-20-13-19(25(2,3)4)26-31(20)23(33)18-15-29(24(34)22(18)30)14-17-7-6-12-35-17/h6-7,12-13H,5,8-11,14-16H2,1-4H3. The van der Waals surface area contributed by atoms with Crippen molar-refractivity contribution in [2.75, 3.05) is 32.7 Å². The fourth-order valence-corrected chi connectivity index (χ4v) is 4.81. The van der Waals surface area contributed by atoms with Crippen LogP contribution in [0.2, 0.25) is 0 Å². The van der Waals surface area contributed by atoms with Crippen molar-refractivity contribution < 1.29 is 14.0 Å². The first kappa shape index (κ1) is 23.3. The molecule has 0 unspecified atom stereocenters. The van der Waals surface area contributed by atoms with Gasteiger partial charge in [-0.05, 0) is 18.7 Å². The van der Waals surface area contributed by atoms with Crippen molar-refractivity contribution >= 4 is 17.5 Å². The van der Waals surface area contributed by atoms with Crippen LogP contribution in [0.5, 0.6) is 0 Å². The normalized spacial score (nSPS) is 17.0. The minimum atomic E-state index is -0.318. The molecule has 1 saturated heterocycles. The summed E-state index contributed by atoms with van der Waals surface area (Å²) in [5.74, 6) is 0.289. The number of rotatable bonds is 5. The Kier molecular flexibility index (Phi) is 5.79. The highest BCUT2D eigenvalue weighted by molar-refractivity contribution is 5.97. The summed E-state index contributed by atoms with van der Waals surface area (Å²) < 4.78 is 8.46. The topological polar surface area (TPSA) is 96.3 Å². The molecule has 5 rings (SSSR count). The SMILES string of the molecule is CCN1CCN(C(=O)Cn2c3c(c(=O)n4nc(C(C)(C)C)cc24)CN(Cc2ccco2)C3=O)CC1. The van der Waals surface area contributed by atoms with Gasteiger partial charge < -0.3 is 23.7 Å². The quantitative estimate of drug-likeness (QED) is 0.552. The van der Waals surface area contributed by atoms with Crippen molar-refractivity contribution in [3.63, 3.8) is 0 Å². The first-order valence-corrected chi connectivity index (χ1v) is 12.1. The van der Waals surface area contributed by atoms with Crippen LogP contribution in [0.25, 0.3) is 5.65 Å². The van der Waals surface area contributed by atoms with Crippen LogP contribution in [0.15, 0.2) is 33.7 Å². The van der Waals surface area contributed by atoms with E-state index in [1.54, 1.807) is 27.9 Å². The maximum atomic E-state index is 13.5. The maximum absolute atomic E-state index is 13.5.